The quantitative estimate of drug-likeness (QED) is 0.727. The number of amides is 1. The number of rotatable bonds is 6. The Balaban J connectivity index is 2.59. The second-order valence-electron chi connectivity index (χ2n) is 4.34. The van der Waals surface area contributed by atoms with Crippen LogP contribution in [0.4, 0.5) is 5.69 Å². The van der Waals surface area contributed by atoms with Crippen LogP contribution < -0.4 is 5.32 Å². The molecule has 0 radical (unpaired) electrons. The van der Waals surface area contributed by atoms with E-state index in [0.29, 0.717) is 5.69 Å². The lowest BCUT2D eigenvalue weighted by Gasteiger charge is -2.09. The van der Waals surface area contributed by atoms with Crippen molar-refractivity contribution in [1.82, 2.24) is 0 Å². The molecule has 19 heavy (non-hydrogen) atoms. The van der Waals surface area contributed by atoms with Crippen LogP contribution >= 0.6 is 0 Å². The van der Waals surface area contributed by atoms with Gasteiger partial charge in [-0.1, -0.05) is 13.0 Å². The molecule has 0 aromatic heterocycles. The van der Waals surface area contributed by atoms with Gasteiger partial charge < -0.3 is 15.5 Å². The monoisotopic (exact) mass is 265 g/mol. The SMILES string of the molecule is C[C@H](CC(=O)O)CC(=O)Nc1cccc(C(=O)O)c1. The van der Waals surface area contributed by atoms with Crippen LogP contribution in [0.3, 0.4) is 0 Å². The fourth-order valence-electron chi connectivity index (χ4n) is 1.63. The van der Waals surface area contributed by atoms with Gasteiger partial charge in [-0.05, 0) is 24.1 Å². The summed E-state index contributed by atoms with van der Waals surface area (Å²) in [6.07, 6.45) is -0.00775. The molecule has 0 aliphatic carbocycles. The summed E-state index contributed by atoms with van der Waals surface area (Å²) in [7, 11) is 0. The highest BCUT2D eigenvalue weighted by Crippen LogP contribution is 2.13. The van der Waals surface area contributed by atoms with Gasteiger partial charge >= 0.3 is 11.9 Å². The van der Waals surface area contributed by atoms with Crippen LogP contribution in [0.1, 0.15) is 30.1 Å². The third-order valence-corrected chi connectivity index (χ3v) is 2.45. The topological polar surface area (TPSA) is 104 Å². The molecular formula is C13H15NO5. The van der Waals surface area contributed by atoms with E-state index >= 15 is 0 Å². The predicted octanol–water partition coefficient (Wildman–Crippen LogP) is 1.82. The van der Waals surface area contributed by atoms with E-state index in [-0.39, 0.29) is 30.2 Å². The van der Waals surface area contributed by atoms with Gasteiger partial charge in [-0.3, -0.25) is 9.59 Å². The molecule has 0 spiro atoms. The number of carboxylic acids is 2. The first-order valence-corrected chi connectivity index (χ1v) is 5.73. The molecule has 0 aliphatic rings. The van der Waals surface area contributed by atoms with Crippen molar-refractivity contribution in [1.29, 1.82) is 0 Å². The number of hydrogen-bond acceptors (Lipinski definition) is 3. The van der Waals surface area contributed by atoms with E-state index < -0.39 is 11.9 Å². The average Bonchev–Trinajstić information content (AvgIpc) is 2.27. The molecule has 0 aliphatic heterocycles. The highest BCUT2D eigenvalue weighted by atomic mass is 16.4. The normalized spacial score (nSPS) is 11.6. The van der Waals surface area contributed by atoms with Crippen molar-refractivity contribution in [2.24, 2.45) is 5.92 Å². The van der Waals surface area contributed by atoms with Crippen LogP contribution in [0.25, 0.3) is 0 Å². The van der Waals surface area contributed by atoms with E-state index in [1.54, 1.807) is 13.0 Å². The van der Waals surface area contributed by atoms with Gasteiger partial charge in [0.05, 0.1) is 5.56 Å². The van der Waals surface area contributed by atoms with Crippen molar-refractivity contribution in [3.05, 3.63) is 29.8 Å². The number of carbonyl (C=O) groups excluding carboxylic acids is 1. The zero-order valence-corrected chi connectivity index (χ0v) is 10.4. The molecule has 0 heterocycles. The van der Waals surface area contributed by atoms with Crippen molar-refractivity contribution >= 4 is 23.5 Å². The fraction of sp³-hybridized carbons (Fsp3) is 0.308. The lowest BCUT2D eigenvalue weighted by Crippen LogP contribution is -2.17. The molecule has 1 atom stereocenters. The molecular weight excluding hydrogens is 250 g/mol. The number of hydrogen-bond donors (Lipinski definition) is 3. The molecule has 0 bridgehead atoms. The summed E-state index contributed by atoms with van der Waals surface area (Å²) >= 11 is 0. The van der Waals surface area contributed by atoms with Crippen molar-refractivity contribution < 1.29 is 24.6 Å². The number of benzene rings is 1. The lowest BCUT2D eigenvalue weighted by molar-refractivity contribution is -0.138. The Morgan fingerprint density at radius 3 is 2.47 bits per heavy atom. The first kappa shape index (κ1) is 14.7. The summed E-state index contributed by atoms with van der Waals surface area (Å²) in [5.41, 5.74) is 0.462. The Labute approximate surface area is 110 Å². The predicted molar refractivity (Wildman–Crippen MR) is 68.1 cm³/mol. The van der Waals surface area contributed by atoms with E-state index in [1.165, 1.54) is 18.2 Å². The van der Waals surface area contributed by atoms with E-state index in [1.807, 2.05) is 0 Å². The van der Waals surface area contributed by atoms with Crippen LogP contribution in [0.2, 0.25) is 0 Å². The number of carboxylic acid groups (broad SMARTS) is 2. The van der Waals surface area contributed by atoms with Crippen LogP contribution in [-0.4, -0.2) is 28.1 Å². The zero-order chi connectivity index (χ0) is 14.4. The average molecular weight is 265 g/mol. The maximum absolute atomic E-state index is 11.6. The van der Waals surface area contributed by atoms with Gasteiger partial charge in [0.25, 0.3) is 0 Å². The minimum atomic E-state index is -1.07. The standard InChI is InChI=1S/C13H15NO5/c1-8(6-12(16)17)5-11(15)14-10-4-2-3-9(7-10)13(18)19/h2-4,7-8H,5-6H2,1H3,(H,14,15)(H,16,17)(H,18,19)/t8-/m0/s1. The van der Waals surface area contributed by atoms with Gasteiger partial charge in [0.1, 0.15) is 0 Å². The summed E-state index contributed by atoms with van der Waals surface area (Å²) in [5, 5.41) is 19.9. The lowest BCUT2D eigenvalue weighted by atomic mass is 10.0. The number of anilines is 1. The molecule has 6 heteroatoms. The van der Waals surface area contributed by atoms with E-state index in [4.69, 9.17) is 10.2 Å². The van der Waals surface area contributed by atoms with E-state index in [2.05, 4.69) is 5.32 Å². The minimum Gasteiger partial charge on any atom is -0.481 e. The van der Waals surface area contributed by atoms with Crippen molar-refractivity contribution in [3.63, 3.8) is 0 Å². The number of aliphatic carboxylic acids is 1. The van der Waals surface area contributed by atoms with E-state index in [9.17, 15) is 14.4 Å². The van der Waals surface area contributed by atoms with Gasteiger partial charge in [0.2, 0.25) is 5.91 Å². The summed E-state index contributed by atoms with van der Waals surface area (Å²) in [5.74, 6) is -2.64. The van der Waals surface area contributed by atoms with Crippen LogP contribution in [-0.2, 0) is 9.59 Å². The van der Waals surface area contributed by atoms with Crippen molar-refractivity contribution in [2.45, 2.75) is 19.8 Å². The first-order valence-electron chi connectivity index (χ1n) is 5.73. The maximum Gasteiger partial charge on any atom is 0.335 e. The number of carbonyl (C=O) groups is 3. The van der Waals surface area contributed by atoms with Crippen LogP contribution in [0, 0.1) is 5.92 Å². The Bertz CT molecular complexity index is 498. The van der Waals surface area contributed by atoms with Gasteiger partial charge in [-0.25, -0.2) is 4.79 Å². The Morgan fingerprint density at radius 2 is 1.89 bits per heavy atom. The van der Waals surface area contributed by atoms with Crippen molar-refractivity contribution in [3.8, 4) is 0 Å². The van der Waals surface area contributed by atoms with E-state index in [0.717, 1.165) is 0 Å². The molecule has 6 nitrogen and oxygen atoms in total. The third-order valence-electron chi connectivity index (χ3n) is 2.45. The Morgan fingerprint density at radius 1 is 1.21 bits per heavy atom. The maximum atomic E-state index is 11.6. The number of aromatic carboxylic acids is 1. The molecule has 1 amide bonds. The zero-order valence-electron chi connectivity index (χ0n) is 10.4. The van der Waals surface area contributed by atoms with Gasteiger partial charge in [0.15, 0.2) is 0 Å². The largest absolute Gasteiger partial charge is 0.481 e. The van der Waals surface area contributed by atoms with Gasteiger partial charge in [0, 0.05) is 18.5 Å². The van der Waals surface area contributed by atoms with Gasteiger partial charge in [-0.2, -0.15) is 0 Å². The second kappa shape index (κ2) is 6.53. The van der Waals surface area contributed by atoms with Crippen LogP contribution in [0.5, 0.6) is 0 Å². The summed E-state index contributed by atoms with van der Waals surface area (Å²) in [6.45, 7) is 1.67. The molecule has 1 aromatic carbocycles. The molecule has 0 saturated heterocycles. The smallest absolute Gasteiger partial charge is 0.335 e. The third kappa shape index (κ3) is 5.20. The Hall–Kier alpha value is -2.37. The first-order chi connectivity index (χ1) is 8.88. The minimum absolute atomic E-state index is 0.0730. The molecule has 102 valence electrons. The Kier molecular flexibility index (Phi) is 5.05. The molecule has 0 fully saturated rings. The highest BCUT2D eigenvalue weighted by Gasteiger charge is 2.13. The molecule has 1 rings (SSSR count). The summed E-state index contributed by atoms with van der Waals surface area (Å²) in [6, 6.07) is 5.87. The molecule has 1 aromatic rings. The second-order valence-corrected chi connectivity index (χ2v) is 4.34. The molecule has 0 unspecified atom stereocenters. The van der Waals surface area contributed by atoms with Gasteiger partial charge in [-0.15, -0.1) is 0 Å². The van der Waals surface area contributed by atoms with Crippen LogP contribution in [0.15, 0.2) is 24.3 Å². The number of nitrogens with one attached hydrogen (secondary N) is 1. The van der Waals surface area contributed by atoms with Crippen molar-refractivity contribution in [2.75, 3.05) is 5.32 Å². The summed E-state index contributed by atoms with van der Waals surface area (Å²) in [4.78, 5) is 32.9. The summed E-state index contributed by atoms with van der Waals surface area (Å²) < 4.78 is 0. The molecule has 0 saturated carbocycles. The fourth-order valence-corrected chi connectivity index (χ4v) is 1.63. The molecule has 3 N–H and O–H groups in total. The highest BCUT2D eigenvalue weighted by molar-refractivity contribution is 5.94.